The van der Waals surface area contributed by atoms with Crippen LogP contribution in [-0.2, 0) is 0 Å². The van der Waals surface area contributed by atoms with E-state index in [1.165, 1.54) is 0 Å². The van der Waals surface area contributed by atoms with Gasteiger partial charge in [0.1, 0.15) is 0 Å². The molecule has 0 aliphatic heterocycles. The Balaban J connectivity index is 4.78. The number of nitrogens with zero attached hydrogens (tertiary/aromatic N) is 4. The summed E-state index contributed by atoms with van der Waals surface area (Å²) in [7, 11) is 0. The van der Waals surface area contributed by atoms with Crippen molar-refractivity contribution in [1.82, 2.24) is 0 Å². The molecule has 0 aliphatic carbocycles. The van der Waals surface area contributed by atoms with E-state index in [-0.39, 0.29) is 25.8 Å². The quantitative estimate of drug-likeness (QED) is 0.471. The molecule has 0 unspecified atom stereocenters. The van der Waals surface area contributed by atoms with Crippen molar-refractivity contribution in [1.29, 1.82) is 15.8 Å². The molecule has 0 bridgehead atoms. The molecule has 0 saturated heterocycles. The topological polar surface area (TPSA) is 115 Å². The second kappa shape index (κ2) is 8.07. The van der Waals surface area contributed by atoms with Crippen molar-refractivity contribution in [3.63, 3.8) is 0 Å². The van der Waals surface area contributed by atoms with Crippen LogP contribution < -0.4 is 0 Å². The van der Waals surface area contributed by atoms with Gasteiger partial charge in [-0.1, -0.05) is 0 Å². The molecule has 0 spiro atoms. The van der Waals surface area contributed by atoms with E-state index in [0.717, 1.165) is 0 Å². The van der Waals surface area contributed by atoms with Gasteiger partial charge in [-0.2, -0.15) is 15.8 Å². The lowest BCUT2D eigenvalue weighted by Crippen LogP contribution is -2.30. The number of rotatable bonds is 8. The third kappa shape index (κ3) is 6.12. The Morgan fingerprint density at radius 2 is 1.29 bits per heavy atom. The summed E-state index contributed by atoms with van der Waals surface area (Å²) in [6.07, 6.45) is 1.75. The van der Waals surface area contributed by atoms with Gasteiger partial charge in [0.2, 0.25) is 6.54 Å². The fourth-order valence-corrected chi connectivity index (χ4v) is 1.85. The molecule has 0 fully saturated rings. The van der Waals surface area contributed by atoms with Gasteiger partial charge in [-0.25, -0.2) is 0 Å². The summed E-state index contributed by atoms with van der Waals surface area (Å²) >= 11 is 0. The van der Waals surface area contributed by atoms with Crippen LogP contribution in [0.25, 0.3) is 0 Å². The lowest BCUT2D eigenvalue weighted by molar-refractivity contribution is -0.498. The normalized spacial score (nSPS) is 9.94. The minimum absolute atomic E-state index is 0.213. The smallest absolute Gasteiger partial charge is 0.209 e. The minimum Gasteiger partial charge on any atom is -0.265 e. The van der Waals surface area contributed by atoms with Gasteiger partial charge in [0.05, 0.1) is 18.2 Å². The van der Waals surface area contributed by atoms with E-state index >= 15 is 0 Å². The first-order valence-electron chi connectivity index (χ1n) is 5.33. The van der Waals surface area contributed by atoms with E-state index in [9.17, 15) is 10.1 Å². The highest BCUT2D eigenvalue weighted by atomic mass is 16.6. The van der Waals surface area contributed by atoms with Crippen molar-refractivity contribution in [2.75, 3.05) is 6.54 Å². The van der Waals surface area contributed by atoms with Gasteiger partial charge in [-0.05, 0) is 19.3 Å². The third-order valence-corrected chi connectivity index (χ3v) is 2.77. The van der Waals surface area contributed by atoms with Crippen molar-refractivity contribution in [2.45, 2.75) is 38.5 Å². The maximum absolute atomic E-state index is 10.7. The summed E-state index contributed by atoms with van der Waals surface area (Å²) in [6, 6.07) is 5.88. The molecule has 0 amide bonds. The first-order valence-corrected chi connectivity index (χ1v) is 5.33. The van der Waals surface area contributed by atoms with Gasteiger partial charge >= 0.3 is 0 Å². The van der Waals surface area contributed by atoms with Gasteiger partial charge in [-0.3, -0.25) is 10.1 Å². The third-order valence-electron chi connectivity index (χ3n) is 2.77. The van der Waals surface area contributed by atoms with Crippen LogP contribution in [0.15, 0.2) is 0 Å². The second-order valence-corrected chi connectivity index (χ2v) is 3.97. The zero-order valence-electron chi connectivity index (χ0n) is 9.56. The fourth-order valence-electron chi connectivity index (χ4n) is 1.85. The second-order valence-electron chi connectivity index (χ2n) is 3.97. The summed E-state index contributed by atoms with van der Waals surface area (Å²) in [5.74, 6) is 0. The molecule has 0 aromatic heterocycles. The maximum Gasteiger partial charge on any atom is 0.209 e. The first kappa shape index (κ1) is 14.9. The standard InChI is InChI=1S/C11H14N4O2/c12-7-1-4-11(5-2-8-13,6-3-9-14)10-15(16)17/h1-6,10H2. The monoisotopic (exact) mass is 234 g/mol. The number of nitriles is 3. The molecular weight excluding hydrogens is 220 g/mol. The predicted molar refractivity (Wildman–Crippen MR) is 58.8 cm³/mol. The summed E-state index contributed by atoms with van der Waals surface area (Å²) in [5, 5.41) is 36.4. The molecule has 0 aliphatic rings. The Morgan fingerprint density at radius 1 is 0.941 bits per heavy atom. The minimum atomic E-state index is -0.690. The van der Waals surface area contributed by atoms with Crippen LogP contribution >= 0.6 is 0 Å². The molecular formula is C11H14N4O2. The highest BCUT2D eigenvalue weighted by Gasteiger charge is 2.34. The average molecular weight is 234 g/mol. The van der Waals surface area contributed by atoms with Crippen LogP contribution in [0.2, 0.25) is 0 Å². The van der Waals surface area contributed by atoms with Crippen molar-refractivity contribution in [3.05, 3.63) is 10.1 Å². The zero-order valence-corrected chi connectivity index (χ0v) is 9.56. The highest BCUT2D eigenvalue weighted by molar-refractivity contribution is 4.89. The van der Waals surface area contributed by atoms with Crippen molar-refractivity contribution in [2.24, 2.45) is 5.41 Å². The Kier molecular flexibility index (Phi) is 7.06. The highest BCUT2D eigenvalue weighted by Crippen LogP contribution is 2.35. The first-order chi connectivity index (χ1) is 8.10. The molecule has 90 valence electrons. The van der Waals surface area contributed by atoms with Gasteiger partial charge in [0, 0.05) is 29.6 Å². The predicted octanol–water partition coefficient (Wildman–Crippen LogP) is 2.16. The van der Waals surface area contributed by atoms with E-state index in [1.54, 1.807) is 0 Å². The zero-order chi connectivity index (χ0) is 13.1. The molecule has 0 rings (SSSR count). The molecule has 0 saturated carbocycles. The Bertz CT molecular complexity index is 327. The largest absolute Gasteiger partial charge is 0.265 e. The molecule has 0 heterocycles. The van der Waals surface area contributed by atoms with Crippen molar-refractivity contribution < 1.29 is 4.92 Å². The van der Waals surface area contributed by atoms with Crippen molar-refractivity contribution in [3.8, 4) is 18.2 Å². The summed E-state index contributed by atoms with van der Waals surface area (Å²) in [6.45, 7) is -0.280. The summed E-state index contributed by atoms with van der Waals surface area (Å²) in [5.41, 5.74) is -0.690. The average Bonchev–Trinajstić information content (AvgIpc) is 2.30. The number of hydrogen-bond donors (Lipinski definition) is 0. The van der Waals surface area contributed by atoms with E-state index in [4.69, 9.17) is 15.8 Å². The summed E-state index contributed by atoms with van der Waals surface area (Å²) < 4.78 is 0. The molecule has 0 radical (unpaired) electrons. The molecule has 0 aromatic rings. The molecule has 0 aromatic carbocycles. The van der Waals surface area contributed by atoms with Crippen LogP contribution in [0, 0.1) is 49.5 Å². The Labute approximate surface area is 100 Å². The molecule has 6 heteroatoms. The van der Waals surface area contributed by atoms with Gasteiger partial charge in [0.25, 0.3) is 0 Å². The fraction of sp³-hybridized carbons (Fsp3) is 0.727. The van der Waals surface area contributed by atoms with Crippen LogP contribution in [0.1, 0.15) is 38.5 Å². The van der Waals surface area contributed by atoms with E-state index in [1.807, 2.05) is 18.2 Å². The van der Waals surface area contributed by atoms with Crippen LogP contribution in [0.5, 0.6) is 0 Å². The van der Waals surface area contributed by atoms with Gasteiger partial charge in [0.15, 0.2) is 0 Å². The molecule has 0 N–H and O–H groups in total. The number of hydrogen-bond acceptors (Lipinski definition) is 5. The molecule has 17 heavy (non-hydrogen) atoms. The summed E-state index contributed by atoms with van der Waals surface area (Å²) in [4.78, 5) is 10.2. The molecule has 6 nitrogen and oxygen atoms in total. The Hall–Kier alpha value is -2.13. The van der Waals surface area contributed by atoms with E-state index in [0.29, 0.717) is 19.3 Å². The number of nitro groups is 1. The SMILES string of the molecule is N#CCCC(CCC#N)(CCC#N)C[N+](=O)[O-]. The lowest BCUT2D eigenvalue weighted by Gasteiger charge is -2.27. The van der Waals surface area contributed by atoms with E-state index in [2.05, 4.69) is 0 Å². The Morgan fingerprint density at radius 3 is 1.53 bits per heavy atom. The van der Waals surface area contributed by atoms with Crippen LogP contribution in [0.3, 0.4) is 0 Å². The van der Waals surface area contributed by atoms with E-state index < -0.39 is 10.3 Å². The van der Waals surface area contributed by atoms with Crippen LogP contribution in [-0.4, -0.2) is 11.5 Å². The van der Waals surface area contributed by atoms with Gasteiger partial charge < -0.3 is 0 Å². The van der Waals surface area contributed by atoms with Gasteiger partial charge in [-0.15, -0.1) is 0 Å². The lowest BCUT2D eigenvalue weighted by atomic mass is 9.75. The molecule has 0 atom stereocenters. The maximum atomic E-state index is 10.7. The van der Waals surface area contributed by atoms with Crippen LogP contribution in [0.4, 0.5) is 0 Å². The van der Waals surface area contributed by atoms with Crippen molar-refractivity contribution >= 4 is 0 Å².